The molecule has 1 heterocycles. The molecule has 5 heteroatoms. The summed E-state index contributed by atoms with van der Waals surface area (Å²) in [5.41, 5.74) is 2.17. The first-order valence-corrected chi connectivity index (χ1v) is 15.4. The minimum absolute atomic E-state index is 0.159. The molecule has 1 N–H and O–H groups in total. The van der Waals surface area contributed by atoms with E-state index in [1.807, 2.05) is 19.1 Å². The molecule has 38 heavy (non-hydrogen) atoms. The van der Waals surface area contributed by atoms with E-state index in [9.17, 15) is 15.2 Å². The van der Waals surface area contributed by atoms with Crippen molar-refractivity contribution in [2.45, 2.75) is 96.6 Å². The van der Waals surface area contributed by atoms with Gasteiger partial charge in [-0.05, 0) is 143 Å². The molecular formula is C33H46N2O3. The van der Waals surface area contributed by atoms with Crippen LogP contribution in [0.2, 0.25) is 0 Å². The van der Waals surface area contributed by atoms with Gasteiger partial charge < -0.3 is 14.7 Å². The van der Waals surface area contributed by atoms with E-state index >= 15 is 0 Å². The third-order valence-electron chi connectivity index (χ3n) is 12.2. The molecule has 0 saturated heterocycles. The number of carbonyl (C=O) groups excluding carboxylic acids is 1. The number of carbonyl (C=O) groups is 1. The van der Waals surface area contributed by atoms with E-state index in [0.29, 0.717) is 36.0 Å². The maximum Gasteiger partial charge on any atom is 0.254 e. The van der Waals surface area contributed by atoms with Gasteiger partial charge in [0, 0.05) is 24.8 Å². The first kappa shape index (κ1) is 26.3. The highest BCUT2D eigenvalue weighted by atomic mass is 16.5. The van der Waals surface area contributed by atoms with Crippen LogP contribution in [0, 0.1) is 52.3 Å². The summed E-state index contributed by atoms with van der Waals surface area (Å²) in [6, 6.07) is 8.03. The Bertz CT molecular complexity index is 1110. The highest BCUT2D eigenvalue weighted by Crippen LogP contribution is 2.65. The summed E-state index contributed by atoms with van der Waals surface area (Å²) in [6.45, 7) is 8.84. The minimum Gasteiger partial charge on any atom is -0.387 e. The molecule has 1 amide bonds. The van der Waals surface area contributed by atoms with Crippen LogP contribution < -0.4 is 0 Å². The maximum absolute atomic E-state index is 13.6. The molecule has 0 radical (unpaired) electrons. The molecule has 4 fully saturated rings. The lowest BCUT2D eigenvalue weighted by Gasteiger charge is -2.58. The number of amides is 1. The van der Waals surface area contributed by atoms with Gasteiger partial charge in [0.05, 0.1) is 23.8 Å². The molecule has 1 unspecified atom stereocenters. The van der Waals surface area contributed by atoms with E-state index in [-0.39, 0.29) is 11.9 Å². The molecule has 5 aliphatic rings. The molecule has 6 rings (SSSR count). The van der Waals surface area contributed by atoms with Crippen molar-refractivity contribution in [2.24, 2.45) is 40.9 Å². The number of nitriles is 1. The van der Waals surface area contributed by atoms with Gasteiger partial charge in [0.15, 0.2) is 0 Å². The molecule has 1 aliphatic heterocycles. The average molecular weight is 519 g/mol. The lowest BCUT2D eigenvalue weighted by atomic mass is 9.48. The van der Waals surface area contributed by atoms with Gasteiger partial charge in [-0.15, -0.1) is 0 Å². The van der Waals surface area contributed by atoms with Gasteiger partial charge in [-0.3, -0.25) is 4.79 Å². The van der Waals surface area contributed by atoms with Gasteiger partial charge in [-0.2, -0.15) is 5.26 Å². The van der Waals surface area contributed by atoms with Crippen LogP contribution in [0.25, 0.3) is 0 Å². The van der Waals surface area contributed by atoms with Crippen LogP contribution >= 0.6 is 0 Å². The van der Waals surface area contributed by atoms with Gasteiger partial charge in [-0.1, -0.05) is 6.92 Å². The quantitative estimate of drug-likeness (QED) is 0.520. The molecule has 0 bridgehead atoms. The maximum atomic E-state index is 13.6. The zero-order valence-corrected chi connectivity index (χ0v) is 23.6. The number of ether oxygens (including phenoxy) is 1. The molecule has 0 spiro atoms. The summed E-state index contributed by atoms with van der Waals surface area (Å²) < 4.78 is 5.66. The van der Waals surface area contributed by atoms with Gasteiger partial charge in [0.2, 0.25) is 0 Å². The number of hydrogen-bond donors (Lipinski definition) is 1. The van der Waals surface area contributed by atoms with Crippen molar-refractivity contribution in [3.05, 3.63) is 34.9 Å². The first-order valence-electron chi connectivity index (χ1n) is 15.4. The number of rotatable bonds is 5. The number of aliphatic hydroxyl groups is 1. The predicted molar refractivity (Wildman–Crippen MR) is 147 cm³/mol. The number of hydrogen-bond acceptors (Lipinski definition) is 4. The van der Waals surface area contributed by atoms with Crippen molar-refractivity contribution >= 4 is 5.91 Å². The van der Waals surface area contributed by atoms with Crippen molar-refractivity contribution in [3.8, 4) is 6.07 Å². The fourth-order valence-corrected chi connectivity index (χ4v) is 10.4. The average Bonchev–Trinajstić information content (AvgIpc) is 3.28. The zero-order chi connectivity index (χ0) is 26.7. The third kappa shape index (κ3) is 4.22. The Balaban J connectivity index is 1.16. The molecule has 206 valence electrons. The van der Waals surface area contributed by atoms with E-state index in [4.69, 9.17) is 4.74 Å². The largest absolute Gasteiger partial charge is 0.387 e. The van der Waals surface area contributed by atoms with E-state index in [0.717, 1.165) is 67.0 Å². The van der Waals surface area contributed by atoms with Crippen molar-refractivity contribution in [2.75, 3.05) is 19.8 Å². The molecule has 0 aromatic heterocycles. The summed E-state index contributed by atoms with van der Waals surface area (Å²) in [5, 5.41) is 20.5. The normalized spacial score (nSPS) is 40.9. The Morgan fingerprint density at radius 2 is 1.95 bits per heavy atom. The Kier molecular flexibility index (Phi) is 6.88. The van der Waals surface area contributed by atoms with E-state index < -0.39 is 5.60 Å². The Labute approximate surface area is 228 Å². The predicted octanol–water partition coefficient (Wildman–Crippen LogP) is 5.98. The molecule has 4 saturated carbocycles. The van der Waals surface area contributed by atoms with Gasteiger partial charge in [0.25, 0.3) is 5.91 Å². The Morgan fingerprint density at radius 1 is 1.13 bits per heavy atom. The monoisotopic (exact) mass is 518 g/mol. The number of nitrogens with zero attached hydrogens (tertiary/aromatic N) is 2. The molecule has 1 aromatic carbocycles. The van der Waals surface area contributed by atoms with E-state index in [2.05, 4.69) is 24.8 Å². The Hall–Kier alpha value is -1.90. The second-order valence-electron chi connectivity index (χ2n) is 13.7. The Morgan fingerprint density at radius 3 is 2.74 bits per heavy atom. The van der Waals surface area contributed by atoms with Crippen LogP contribution in [0.1, 0.15) is 100 Å². The molecule has 5 nitrogen and oxygen atoms in total. The highest BCUT2D eigenvalue weighted by molar-refractivity contribution is 5.97. The van der Waals surface area contributed by atoms with Crippen LogP contribution in [0.15, 0.2) is 18.2 Å². The zero-order valence-electron chi connectivity index (χ0n) is 23.6. The SMILES string of the molecule is CCOC[C@@]1(O)CC[C@H]2[C@H](CC[C@@H]3[C@@H]2CC[C@]2(C)[C@@H](C(C)N4CCc5cc(C#N)ccc5C4=O)CC[C@@H]32)C1. The van der Waals surface area contributed by atoms with E-state index in [1.54, 1.807) is 6.07 Å². The fourth-order valence-electron chi connectivity index (χ4n) is 10.4. The van der Waals surface area contributed by atoms with Crippen molar-refractivity contribution in [3.63, 3.8) is 0 Å². The highest BCUT2D eigenvalue weighted by Gasteiger charge is 2.59. The second kappa shape index (κ2) is 9.93. The van der Waals surface area contributed by atoms with Crippen LogP contribution in [0.4, 0.5) is 0 Å². The van der Waals surface area contributed by atoms with Crippen molar-refractivity contribution in [1.29, 1.82) is 5.26 Å². The third-order valence-corrected chi connectivity index (χ3v) is 12.2. The molecule has 4 aliphatic carbocycles. The summed E-state index contributed by atoms with van der Waals surface area (Å²) in [6.07, 6.45) is 11.5. The van der Waals surface area contributed by atoms with Gasteiger partial charge >= 0.3 is 0 Å². The van der Waals surface area contributed by atoms with Gasteiger partial charge in [0.1, 0.15) is 0 Å². The van der Waals surface area contributed by atoms with Crippen LogP contribution in [0.3, 0.4) is 0 Å². The fraction of sp³-hybridized carbons (Fsp3) is 0.758. The number of benzene rings is 1. The summed E-state index contributed by atoms with van der Waals surface area (Å²) in [5.74, 6) is 4.54. The van der Waals surface area contributed by atoms with Crippen molar-refractivity contribution < 1.29 is 14.6 Å². The standard InChI is InChI=1S/C33H46N2O3/c1-4-38-20-33(37)15-12-25-24(18-33)6-8-28-27(25)11-14-32(3)29(9-10-30(28)32)21(2)35-16-13-23-17-22(19-34)5-7-26(23)31(35)36/h5,7,17,21,24-25,27-30,37H,4,6,8-16,18,20H2,1-3H3/t21?,24-,25+,27-,28-,29-,30+,32-,33-/m1/s1. The second-order valence-corrected chi connectivity index (χ2v) is 13.7. The van der Waals surface area contributed by atoms with Gasteiger partial charge in [-0.25, -0.2) is 0 Å². The lowest BCUT2D eigenvalue weighted by Crippen LogP contribution is -2.54. The van der Waals surface area contributed by atoms with Crippen molar-refractivity contribution in [1.82, 2.24) is 4.90 Å². The lowest BCUT2D eigenvalue weighted by molar-refractivity contribution is -0.129. The topological polar surface area (TPSA) is 73.6 Å². The number of fused-ring (bicyclic) bond motifs is 6. The van der Waals surface area contributed by atoms with Crippen LogP contribution in [0.5, 0.6) is 0 Å². The molecule has 1 aromatic rings. The minimum atomic E-state index is -0.614. The molecular weight excluding hydrogens is 472 g/mol. The smallest absolute Gasteiger partial charge is 0.254 e. The summed E-state index contributed by atoms with van der Waals surface area (Å²) >= 11 is 0. The summed E-state index contributed by atoms with van der Waals surface area (Å²) in [4.78, 5) is 15.8. The molecule has 9 atom stereocenters. The van der Waals surface area contributed by atoms with Crippen LogP contribution in [-0.4, -0.2) is 47.3 Å². The van der Waals surface area contributed by atoms with Crippen LogP contribution in [-0.2, 0) is 11.2 Å². The summed E-state index contributed by atoms with van der Waals surface area (Å²) in [7, 11) is 0. The first-order chi connectivity index (χ1) is 18.3. The van der Waals surface area contributed by atoms with E-state index in [1.165, 1.54) is 38.5 Å².